The molecule has 2 aliphatic heterocycles. The summed E-state index contributed by atoms with van der Waals surface area (Å²) in [6, 6.07) is 4.29. The number of rotatable bonds is 4. The lowest BCUT2D eigenvalue weighted by molar-refractivity contribution is -0.135. The van der Waals surface area contributed by atoms with Crippen molar-refractivity contribution in [2.75, 3.05) is 26.3 Å². The molecule has 3 atom stereocenters. The number of benzene rings is 1. The van der Waals surface area contributed by atoms with Gasteiger partial charge >= 0.3 is 0 Å². The zero-order valence-corrected chi connectivity index (χ0v) is 19.8. The molecule has 1 amide bonds. The van der Waals surface area contributed by atoms with Crippen molar-refractivity contribution in [3.05, 3.63) is 58.9 Å². The summed E-state index contributed by atoms with van der Waals surface area (Å²) in [5.41, 5.74) is 6.09. The molecule has 2 aromatic rings. The molecule has 3 heterocycles. The number of hydrogen-bond acceptors (Lipinski definition) is 7. The van der Waals surface area contributed by atoms with Crippen LogP contribution in [0.3, 0.4) is 0 Å². The van der Waals surface area contributed by atoms with E-state index in [9.17, 15) is 9.18 Å². The summed E-state index contributed by atoms with van der Waals surface area (Å²) in [7, 11) is 0. The van der Waals surface area contributed by atoms with E-state index in [0.29, 0.717) is 44.0 Å². The predicted octanol–water partition coefficient (Wildman–Crippen LogP) is 2.96. The first-order valence-corrected chi connectivity index (χ1v) is 12.0. The number of ether oxygens (including phenoxy) is 1. The van der Waals surface area contributed by atoms with Gasteiger partial charge in [0.2, 0.25) is 5.91 Å². The topological polar surface area (TPSA) is 93.7 Å². The van der Waals surface area contributed by atoms with Crippen LogP contribution in [-0.2, 0) is 15.1 Å². The van der Waals surface area contributed by atoms with E-state index in [1.54, 1.807) is 17.9 Å². The molecule has 1 aromatic carbocycles. The molecule has 180 valence electrons. The molecule has 3 aliphatic rings. The van der Waals surface area contributed by atoms with Gasteiger partial charge in [0.1, 0.15) is 22.0 Å². The molecule has 35 heavy (non-hydrogen) atoms. The molecule has 1 aliphatic carbocycles. The van der Waals surface area contributed by atoms with Crippen molar-refractivity contribution in [3.8, 4) is 12.3 Å². The third kappa shape index (κ3) is 4.09. The van der Waals surface area contributed by atoms with E-state index >= 15 is 4.39 Å². The average Bonchev–Trinajstić information content (AvgIpc) is 3.62. The maximum Gasteiger partial charge on any atom is 0.239 e. The van der Waals surface area contributed by atoms with Gasteiger partial charge < -0.3 is 15.4 Å². The molecule has 1 saturated carbocycles. The first kappa shape index (κ1) is 23.5. The fourth-order valence-electron chi connectivity index (χ4n) is 4.85. The molecule has 1 aromatic heterocycles. The second-order valence-electron chi connectivity index (χ2n) is 8.91. The van der Waals surface area contributed by atoms with Gasteiger partial charge in [-0.15, -0.1) is 6.42 Å². The van der Waals surface area contributed by atoms with Gasteiger partial charge in [-0.25, -0.2) is 18.7 Å². The highest BCUT2D eigenvalue weighted by molar-refractivity contribution is 8.15. The number of hydrogen-bond donors (Lipinski definition) is 1. The molecule has 2 fully saturated rings. The largest absolute Gasteiger partial charge is 0.378 e. The number of fused-ring (bicyclic) bond motifs is 1. The third-order valence-electron chi connectivity index (χ3n) is 6.75. The number of amides is 1. The quantitative estimate of drug-likeness (QED) is 0.656. The number of amidine groups is 1. The lowest BCUT2D eigenvalue weighted by atomic mass is 9.84. The number of carbonyl (C=O) groups excluding carboxylic acids is 1. The number of morpholine rings is 1. The van der Waals surface area contributed by atoms with E-state index in [4.69, 9.17) is 16.9 Å². The molecule has 7 nitrogen and oxygen atoms in total. The molecule has 10 heteroatoms. The van der Waals surface area contributed by atoms with Crippen molar-refractivity contribution in [1.29, 1.82) is 0 Å². The number of aliphatic imine (C=N–C) groups is 1. The summed E-state index contributed by atoms with van der Waals surface area (Å²) in [4.78, 5) is 27.8. The normalized spacial score (nSPS) is 28.1. The number of halogens is 2. The minimum absolute atomic E-state index is 0.00901. The van der Waals surface area contributed by atoms with Crippen LogP contribution >= 0.6 is 11.8 Å². The van der Waals surface area contributed by atoms with Gasteiger partial charge in [-0.1, -0.05) is 17.8 Å². The summed E-state index contributed by atoms with van der Waals surface area (Å²) in [5.74, 6) is 0.923. The Labute approximate surface area is 205 Å². The van der Waals surface area contributed by atoms with Crippen LogP contribution in [0.15, 0.2) is 35.6 Å². The minimum Gasteiger partial charge on any atom is -0.378 e. The fourth-order valence-corrected chi connectivity index (χ4v) is 6.30. The monoisotopic (exact) mass is 495 g/mol. The summed E-state index contributed by atoms with van der Waals surface area (Å²) in [6.07, 6.45) is 9.58. The van der Waals surface area contributed by atoms with E-state index in [2.05, 4.69) is 20.9 Å². The molecule has 0 bridgehead atoms. The molecule has 0 spiro atoms. The predicted molar refractivity (Wildman–Crippen MR) is 130 cm³/mol. The van der Waals surface area contributed by atoms with Crippen LogP contribution < -0.4 is 5.73 Å². The van der Waals surface area contributed by atoms with Gasteiger partial charge in [0.15, 0.2) is 11.0 Å². The number of carbonyl (C=O) groups is 1. The summed E-state index contributed by atoms with van der Waals surface area (Å²) in [5, 5.41) is 0.235. The highest BCUT2D eigenvalue weighted by Gasteiger charge is 2.71. The second kappa shape index (κ2) is 8.73. The molecule has 0 radical (unpaired) electrons. The van der Waals surface area contributed by atoms with Crippen LogP contribution in [0.1, 0.15) is 35.9 Å². The number of nitrogens with zero attached hydrogens (tertiary/aromatic N) is 4. The number of thioether (sulfide) groups is 1. The lowest BCUT2D eigenvalue weighted by Crippen LogP contribution is -2.49. The van der Waals surface area contributed by atoms with Gasteiger partial charge in [0, 0.05) is 24.6 Å². The first-order valence-electron chi connectivity index (χ1n) is 11.1. The Morgan fingerprint density at radius 2 is 2.11 bits per heavy atom. The number of terminal acetylenes is 1. The SMILES string of the molecule is C#Cc1cnc(/C(F)=C/c2ccc(F)c([C@@]3(C)N=C(N)S[C@@]4(C(=O)N5CCOCC5)CC43)c2)cn1. The zero-order chi connectivity index (χ0) is 24.8. The van der Waals surface area contributed by atoms with Crippen LogP contribution in [0.25, 0.3) is 11.9 Å². The molecule has 1 saturated heterocycles. The fraction of sp³-hybridized carbons (Fsp3) is 0.360. The molecular formula is C25H23F2N5O2S. The summed E-state index contributed by atoms with van der Waals surface area (Å²) < 4.78 is 34.6. The maximum absolute atomic E-state index is 15.2. The molecule has 2 N–H and O–H groups in total. The number of aromatic nitrogens is 2. The third-order valence-corrected chi connectivity index (χ3v) is 8.04. The van der Waals surface area contributed by atoms with Crippen LogP contribution in [0.4, 0.5) is 8.78 Å². The van der Waals surface area contributed by atoms with E-state index in [0.717, 1.165) is 0 Å². The Bertz CT molecular complexity index is 1290. The van der Waals surface area contributed by atoms with Gasteiger partial charge in [0.05, 0.1) is 31.1 Å². The summed E-state index contributed by atoms with van der Waals surface area (Å²) >= 11 is 1.25. The van der Waals surface area contributed by atoms with Crippen molar-refractivity contribution in [2.45, 2.75) is 23.6 Å². The zero-order valence-electron chi connectivity index (χ0n) is 19.0. The van der Waals surface area contributed by atoms with Gasteiger partial charge in [-0.05, 0) is 43.0 Å². The molecule has 5 rings (SSSR count). The van der Waals surface area contributed by atoms with Crippen LogP contribution in [-0.4, -0.2) is 57.0 Å². The average molecular weight is 496 g/mol. The maximum atomic E-state index is 15.2. The van der Waals surface area contributed by atoms with E-state index < -0.39 is 21.9 Å². The standard InChI is InChI=1S/C25H23F2N5O2S/c1-3-16-13-30-20(14-29-16)19(27)11-15-4-5-18(26)17(10-15)24(2)21-12-25(21,35-23(28)31-24)22(33)32-6-8-34-9-7-32/h1,4-5,10-11,13-14,21H,6-9,12H2,2H3,(H2,28,31)/b19-11-/t21?,24-,25+/m1/s1. The second-order valence-corrected chi connectivity index (χ2v) is 10.3. The van der Waals surface area contributed by atoms with Crippen molar-refractivity contribution in [1.82, 2.24) is 14.9 Å². The van der Waals surface area contributed by atoms with Crippen molar-refractivity contribution in [2.24, 2.45) is 16.6 Å². The summed E-state index contributed by atoms with van der Waals surface area (Å²) in [6.45, 7) is 3.79. The van der Waals surface area contributed by atoms with Gasteiger partial charge in [-0.3, -0.25) is 9.79 Å². The van der Waals surface area contributed by atoms with Crippen molar-refractivity contribution < 1.29 is 18.3 Å². The van der Waals surface area contributed by atoms with Crippen LogP contribution in [0, 0.1) is 24.1 Å². The van der Waals surface area contributed by atoms with Gasteiger partial charge in [0.25, 0.3) is 0 Å². The molecule has 1 unspecified atom stereocenters. The highest BCUT2D eigenvalue weighted by atomic mass is 32.2. The minimum atomic E-state index is -1.07. The lowest BCUT2D eigenvalue weighted by Gasteiger charge is -2.36. The van der Waals surface area contributed by atoms with Crippen molar-refractivity contribution >= 4 is 34.7 Å². The van der Waals surface area contributed by atoms with Crippen LogP contribution in [0.2, 0.25) is 0 Å². The Kier molecular flexibility index (Phi) is 5.85. The van der Waals surface area contributed by atoms with Crippen molar-refractivity contribution in [3.63, 3.8) is 0 Å². The van der Waals surface area contributed by atoms with E-state index in [1.165, 1.54) is 42.4 Å². The smallest absolute Gasteiger partial charge is 0.239 e. The van der Waals surface area contributed by atoms with E-state index in [1.807, 2.05) is 0 Å². The Morgan fingerprint density at radius 3 is 2.80 bits per heavy atom. The Morgan fingerprint density at radius 1 is 1.34 bits per heavy atom. The molecular weight excluding hydrogens is 472 g/mol. The highest BCUT2D eigenvalue weighted by Crippen LogP contribution is 2.66. The van der Waals surface area contributed by atoms with Crippen LogP contribution in [0.5, 0.6) is 0 Å². The number of nitrogens with two attached hydrogens (primary N) is 1. The Balaban J connectivity index is 1.47. The van der Waals surface area contributed by atoms with E-state index in [-0.39, 0.29) is 28.3 Å². The van der Waals surface area contributed by atoms with Gasteiger partial charge in [-0.2, -0.15) is 0 Å². The first-order chi connectivity index (χ1) is 16.8. The Hall–Kier alpha value is -3.29.